The molecule has 0 spiro atoms. The summed E-state index contributed by atoms with van der Waals surface area (Å²) in [6.07, 6.45) is 2.71. The summed E-state index contributed by atoms with van der Waals surface area (Å²) in [6.45, 7) is 5.15. The van der Waals surface area contributed by atoms with E-state index in [1.54, 1.807) is 6.33 Å². The molecular formula is C17H23N4O3P. The standard InChI is InChI=1S/C17H23N4O3P/c1-11(2)9-21-10-19-15-16(21)13-6-5-12(4-3-7-25(22,23)24)8-14(13)20-17(15)18/h5-6,8,10-11H,3-4,7,9H2,1-2H3,(H2,18,20)(H2,22,23,24). The number of rotatable bonds is 6. The summed E-state index contributed by atoms with van der Waals surface area (Å²) in [4.78, 5) is 26.8. The normalized spacial score (nSPS) is 12.5. The molecule has 3 rings (SSSR count). The second kappa shape index (κ2) is 6.75. The van der Waals surface area contributed by atoms with Crippen LogP contribution in [0.15, 0.2) is 24.5 Å². The zero-order chi connectivity index (χ0) is 18.2. The lowest BCUT2D eigenvalue weighted by Gasteiger charge is -2.11. The van der Waals surface area contributed by atoms with Gasteiger partial charge in [-0.25, -0.2) is 9.97 Å². The molecular weight excluding hydrogens is 339 g/mol. The number of hydrogen-bond acceptors (Lipinski definition) is 4. The van der Waals surface area contributed by atoms with Crippen LogP contribution in [0.5, 0.6) is 0 Å². The summed E-state index contributed by atoms with van der Waals surface area (Å²) in [5.41, 5.74) is 9.55. The molecule has 3 aromatic rings. The molecule has 0 fully saturated rings. The SMILES string of the molecule is CC(C)Cn1cnc2c(N)nc3cc(CCCP(=O)(O)O)ccc3c21. The number of fused-ring (bicyclic) bond motifs is 3. The number of nitrogens with zero attached hydrogens (tertiary/aromatic N) is 3. The van der Waals surface area contributed by atoms with Gasteiger partial charge in [-0.15, -0.1) is 0 Å². The van der Waals surface area contributed by atoms with E-state index in [-0.39, 0.29) is 6.16 Å². The zero-order valence-electron chi connectivity index (χ0n) is 14.4. The highest BCUT2D eigenvalue weighted by Crippen LogP contribution is 2.35. The average molecular weight is 362 g/mol. The van der Waals surface area contributed by atoms with Crippen LogP contribution in [0, 0.1) is 5.92 Å². The lowest BCUT2D eigenvalue weighted by molar-refractivity contribution is 0.371. The first-order chi connectivity index (χ1) is 11.7. The van der Waals surface area contributed by atoms with Gasteiger partial charge in [0, 0.05) is 11.9 Å². The molecule has 4 N–H and O–H groups in total. The number of imidazole rings is 1. The van der Waals surface area contributed by atoms with Crippen molar-refractivity contribution in [1.29, 1.82) is 0 Å². The maximum absolute atomic E-state index is 11.0. The Morgan fingerprint density at radius 3 is 2.76 bits per heavy atom. The number of aromatic nitrogens is 3. The Hall–Kier alpha value is -1.95. The molecule has 2 heterocycles. The molecule has 2 aromatic heterocycles. The van der Waals surface area contributed by atoms with Gasteiger partial charge in [0.05, 0.1) is 23.5 Å². The number of aryl methyl sites for hydroxylation is 1. The van der Waals surface area contributed by atoms with Crippen molar-refractivity contribution in [3.8, 4) is 0 Å². The quantitative estimate of drug-likeness (QED) is 0.581. The van der Waals surface area contributed by atoms with Gasteiger partial charge in [0.15, 0.2) is 5.82 Å². The van der Waals surface area contributed by atoms with Crippen LogP contribution in [-0.2, 0) is 17.5 Å². The second-order valence-corrected chi connectivity index (χ2v) is 8.60. The predicted molar refractivity (Wildman–Crippen MR) is 99.5 cm³/mol. The Morgan fingerprint density at radius 1 is 1.32 bits per heavy atom. The molecule has 8 heteroatoms. The molecule has 0 aliphatic rings. The molecule has 0 radical (unpaired) electrons. The highest BCUT2D eigenvalue weighted by Gasteiger charge is 2.15. The van der Waals surface area contributed by atoms with Crippen molar-refractivity contribution in [2.45, 2.75) is 33.2 Å². The second-order valence-electron chi connectivity index (χ2n) is 6.83. The maximum Gasteiger partial charge on any atom is 0.325 e. The monoisotopic (exact) mass is 362 g/mol. The molecule has 1 aromatic carbocycles. The van der Waals surface area contributed by atoms with Crippen molar-refractivity contribution in [3.63, 3.8) is 0 Å². The molecule has 0 atom stereocenters. The van der Waals surface area contributed by atoms with E-state index in [0.717, 1.165) is 28.5 Å². The third-order valence-corrected chi connectivity index (χ3v) is 5.01. The van der Waals surface area contributed by atoms with E-state index in [2.05, 4.69) is 28.4 Å². The lowest BCUT2D eigenvalue weighted by Crippen LogP contribution is -2.04. The van der Waals surface area contributed by atoms with Crippen LogP contribution >= 0.6 is 7.60 Å². The first-order valence-corrected chi connectivity index (χ1v) is 10.1. The fourth-order valence-corrected chi connectivity index (χ4v) is 3.65. The molecule has 134 valence electrons. The number of benzene rings is 1. The van der Waals surface area contributed by atoms with E-state index in [0.29, 0.717) is 30.1 Å². The molecule has 0 saturated carbocycles. The van der Waals surface area contributed by atoms with Gasteiger partial charge in [-0.1, -0.05) is 26.0 Å². The Balaban J connectivity index is 2.00. The molecule has 0 unspecified atom stereocenters. The van der Waals surface area contributed by atoms with Crippen LogP contribution in [0.1, 0.15) is 25.8 Å². The minimum Gasteiger partial charge on any atom is -0.382 e. The first kappa shape index (κ1) is 17.9. The smallest absolute Gasteiger partial charge is 0.325 e. The largest absolute Gasteiger partial charge is 0.382 e. The van der Waals surface area contributed by atoms with E-state index < -0.39 is 7.60 Å². The van der Waals surface area contributed by atoms with Gasteiger partial charge < -0.3 is 20.1 Å². The molecule has 7 nitrogen and oxygen atoms in total. The minimum atomic E-state index is -3.95. The van der Waals surface area contributed by atoms with Crippen molar-refractivity contribution in [2.24, 2.45) is 5.92 Å². The maximum atomic E-state index is 11.0. The summed E-state index contributed by atoms with van der Waals surface area (Å²) in [5, 5.41) is 0.987. The summed E-state index contributed by atoms with van der Waals surface area (Å²) in [5.74, 6) is 0.881. The van der Waals surface area contributed by atoms with E-state index >= 15 is 0 Å². The van der Waals surface area contributed by atoms with Crippen molar-refractivity contribution in [1.82, 2.24) is 14.5 Å². The van der Waals surface area contributed by atoms with E-state index in [9.17, 15) is 4.57 Å². The van der Waals surface area contributed by atoms with Gasteiger partial charge in [-0.2, -0.15) is 0 Å². The van der Waals surface area contributed by atoms with E-state index in [4.69, 9.17) is 15.5 Å². The zero-order valence-corrected chi connectivity index (χ0v) is 15.3. The van der Waals surface area contributed by atoms with Crippen LogP contribution in [0.2, 0.25) is 0 Å². The number of hydrogen-bond donors (Lipinski definition) is 3. The van der Waals surface area contributed by atoms with Crippen LogP contribution in [0.4, 0.5) is 5.82 Å². The van der Waals surface area contributed by atoms with Gasteiger partial charge in [-0.3, -0.25) is 4.57 Å². The summed E-state index contributed by atoms with van der Waals surface area (Å²) < 4.78 is 13.1. The topological polar surface area (TPSA) is 114 Å². The number of pyridine rings is 1. The Kier molecular flexibility index (Phi) is 4.82. The lowest BCUT2D eigenvalue weighted by atomic mass is 10.1. The average Bonchev–Trinajstić information content (AvgIpc) is 2.90. The van der Waals surface area contributed by atoms with Crippen LogP contribution in [0.3, 0.4) is 0 Å². The Bertz CT molecular complexity index is 961. The predicted octanol–water partition coefficient (Wildman–Crippen LogP) is 2.93. The summed E-state index contributed by atoms with van der Waals surface area (Å²) in [7, 11) is -3.95. The molecule has 0 aliphatic heterocycles. The van der Waals surface area contributed by atoms with Crippen molar-refractivity contribution in [2.75, 3.05) is 11.9 Å². The Labute approximate surface area is 146 Å². The summed E-state index contributed by atoms with van der Waals surface area (Å²) in [6, 6.07) is 5.92. The minimum absolute atomic E-state index is 0.110. The number of anilines is 1. The molecule has 0 bridgehead atoms. The van der Waals surface area contributed by atoms with Gasteiger partial charge in [0.2, 0.25) is 0 Å². The van der Waals surface area contributed by atoms with Gasteiger partial charge in [0.1, 0.15) is 5.52 Å². The number of nitrogens with two attached hydrogens (primary N) is 1. The highest BCUT2D eigenvalue weighted by atomic mass is 31.2. The van der Waals surface area contributed by atoms with Crippen molar-refractivity contribution in [3.05, 3.63) is 30.1 Å². The summed E-state index contributed by atoms with van der Waals surface area (Å²) >= 11 is 0. The molecule has 0 saturated heterocycles. The van der Waals surface area contributed by atoms with Gasteiger partial charge >= 0.3 is 7.60 Å². The van der Waals surface area contributed by atoms with Gasteiger partial charge in [-0.05, 0) is 30.4 Å². The third kappa shape index (κ3) is 4.00. The molecule has 0 aliphatic carbocycles. The van der Waals surface area contributed by atoms with Crippen molar-refractivity contribution < 1.29 is 14.4 Å². The fraction of sp³-hybridized carbons (Fsp3) is 0.412. The van der Waals surface area contributed by atoms with Crippen LogP contribution in [-0.4, -0.2) is 30.5 Å². The number of nitrogen functional groups attached to an aromatic ring is 1. The van der Waals surface area contributed by atoms with Crippen LogP contribution in [0.25, 0.3) is 21.9 Å². The van der Waals surface area contributed by atoms with Gasteiger partial charge in [0.25, 0.3) is 0 Å². The van der Waals surface area contributed by atoms with Crippen molar-refractivity contribution >= 4 is 35.3 Å². The molecule has 25 heavy (non-hydrogen) atoms. The van der Waals surface area contributed by atoms with E-state index in [1.807, 2.05) is 18.2 Å². The highest BCUT2D eigenvalue weighted by molar-refractivity contribution is 7.51. The van der Waals surface area contributed by atoms with E-state index in [1.165, 1.54) is 0 Å². The molecule has 0 amide bonds. The Morgan fingerprint density at radius 2 is 2.08 bits per heavy atom. The van der Waals surface area contributed by atoms with Crippen LogP contribution < -0.4 is 5.73 Å². The fourth-order valence-electron chi connectivity index (χ4n) is 3.08. The third-order valence-electron chi connectivity index (χ3n) is 4.12. The first-order valence-electron chi connectivity index (χ1n) is 8.32.